The maximum absolute atomic E-state index is 2.42. The van der Waals surface area contributed by atoms with Crippen LogP contribution in [0.5, 0.6) is 0 Å². The highest BCUT2D eigenvalue weighted by Gasteiger charge is 2.19. The zero-order chi connectivity index (χ0) is 35.3. The van der Waals surface area contributed by atoms with E-state index >= 15 is 0 Å². The summed E-state index contributed by atoms with van der Waals surface area (Å²) in [4.78, 5) is 0. The van der Waals surface area contributed by atoms with E-state index in [1.54, 1.807) is 0 Å². The van der Waals surface area contributed by atoms with Gasteiger partial charge in [0.25, 0.3) is 0 Å². The van der Waals surface area contributed by atoms with E-state index in [4.69, 9.17) is 0 Å². The van der Waals surface area contributed by atoms with Gasteiger partial charge in [-0.25, -0.2) is 0 Å². The normalized spacial score (nSPS) is 12.1. The van der Waals surface area contributed by atoms with Gasteiger partial charge in [0.1, 0.15) is 0 Å². The Bertz CT molecular complexity index is 3440. The van der Waals surface area contributed by atoms with Gasteiger partial charge in [0.2, 0.25) is 0 Å². The summed E-state index contributed by atoms with van der Waals surface area (Å²) in [6, 6.07) is 67.7. The molecule has 250 valence electrons. The van der Waals surface area contributed by atoms with Crippen LogP contribution in [0.4, 0.5) is 0 Å². The molecule has 0 aliphatic carbocycles. The average Bonchev–Trinajstić information content (AvgIpc) is 3.81. The molecule has 0 saturated carbocycles. The van der Waals surface area contributed by atoms with Crippen molar-refractivity contribution in [1.29, 1.82) is 0 Å². The fourth-order valence-corrected chi connectivity index (χ4v) is 11.6. The lowest BCUT2D eigenvalue weighted by Gasteiger charge is -2.19. The second-order valence-corrected chi connectivity index (χ2v) is 16.4. The molecule has 54 heavy (non-hydrogen) atoms. The summed E-state index contributed by atoms with van der Waals surface area (Å²) in [7, 11) is 0. The second kappa shape index (κ2) is 11.6. The number of hydrogen-bond donors (Lipinski definition) is 0. The van der Waals surface area contributed by atoms with Gasteiger partial charge in [-0.2, -0.15) is 0 Å². The average molecular weight is 719 g/mol. The molecule has 12 rings (SSSR count). The van der Waals surface area contributed by atoms with Crippen molar-refractivity contribution in [3.8, 4) is 33.4 Å². The van der Waals surface area contributed by atoms with Gasteiger partial charge in [-0.05, 0) is 101 Å². The van der Waals surface area contributed by atoms with Gasteiger partial charge in [0.05, 0.1) is 0 Å². The summed E-state index contributed by atoms with van der Waals surface area (Å²) in [5.74, 6) is 0. The van der Waals surface area contributed by atoms with Crippen LogP contribution in [0.2, 0.25) is 0 Å². The summed E-state index contributed by atoms with van der Waals surface area (Å²) < 4.78 is 5.47. The topological polar surface area (TPSA) is 0 Å². The number of rotatable bonds is 3. The molecule has 0 N–H and O–H groups in total. The number of benzene rings is 10. The zero-order valence-corrected chi connectivity index (χ0v) is 30.8. The fourth-order valence-electron chi connectivity index (χ4n) is 9.03. The number of hydrogen-bond acceptors (Lipinski definition) is 2. The maximum Gasteiger partial charge on any atom is 0.0448 e. The minimum atomic E-state index is 1.23. The highest BCUT2D eigenvalue weighted by atomic mass is 32.1. The third kappa shape index (κ3) is 4.36. The monoisotopic (exact) mass is 718 g/mol. The van der Waals surface area contributed by atoms with Gasteiger partial charge >= 0.3 is 0 Å². The third-order valence-corrected chi connectivity index (χ3v) is 13.8. The van der Waals surface area contributed by atoms with Gasteiger partial charge in [0.15, 0.2) is 0 Å². The van der Waals surface area contributed by atoms with E-state index in [1.165, 1.54) is 117 Å². The first-order valence-electron chi connectivity index (χ1n) is 18.5. The van der Waals surface area contributed by atoms with Gasteiger partial charge in [-0.3, -0.25) is 0 Å². The van der Waals surface area contributed by atoms with Crippen molar-refractivity contribution in [3.05, 3.63) is 182 Å². The van der Waals surface area contributed by atoms with Crippen molar-refractivity contribution in [2.75, 3.05) is 0 Å². The molecule has 10 aromatic carbocycles. The molecular weight excluding hydrogens is 689 g/mol. The summed E-state index contributed by atoms with van der Waals surface area (Å²) >= 11 is 3.85. The van der Waals surface area contributed by atoms with E-state index in [0.29, 0.717) is 0 Å². The van der Waals surface area contributed by atoms with Crippen LogP contribution in [0.15, 0.2) is 182 Å². The lowest BCUT2D eigenvalue weighted by molar-refractivity contribution is 1.63. The van der Waals surface area contributed by atoms with Gasteiger partial charge in [0, 0.05) is 40.3 Å². The highest BCUT2D eigenvalue weighted by Crippen LogP contribution is 2.48. The molecule has 0 saturated heterocycles. The van der Waals surface area contributed by atoms with E-state index in [-0.39, 0.29) is 0 Å². The number of thiophene rings is 2. The third-order valence-electron chi connectivity index (χ3n) is 11.4. The molecule has 2 aromatic heterocycles. The summed E-state index contributed by atoms with van der Waals surface area (Å²) in [5, 5.41) is 15.7. The summed E-state index contributed by atoms with van der Waals surface area (Å²) in [6.45, 7) is 0. The molecule has 0 nitrogen and oxygen atoms in total. The standard InChI is InChI=1S/C52H30S2/c1-3-16-36-31(11-1)13-10-22-38(36)49-41-20-7-5-18-39(41)48(40-19-6-8-21-42(40)49)35-15-9-14-33(29-35)34-24-27-46-45(30-34)43-26-28-47-50(52(43)53-46)44-25-23-32-12-2-4-17-37(32)51(44)54-47/h1-30H. The first kappa shape index (κ1) is 30.2. The molecule has 2 heterocycles. The summed E-state index contributed by atoms with van der Waals surface area (Å²) in [5.41, 5.74) is 7.57. The Kier molecular flexibility index (Phi) is 6.48. The molecular formula is C52H30S2. The maximum atomic E-state index is 2.42. The predicted octanol–water partition coefficient (Wildman–Crippen LogP) is 16.0. The summed E-state index contributed by atoms with van der Waals surface area (Å²) in [6.07, 6.45) is 0. The van der Waals surface area contributed by atoms with Crippen molar-refractivity contribution in [1.82, 2.24) is 0 Å². The molecule has 12 aromatic rings. The number of fused-ring (bicyclic) bond motifs is 12. The molecule has 0 atom stereocenters. The quantitative estimate of drug-likeness (QED) is 0.160. The van der Waals surface area contributed by atoms with Gasteiger partial charge in [-0.15, -0.1) is 22.7 Å². The molecule has 0 spiro atoms. The lowest BCUT2D eigenvalue weighted by atomic mass is 9.84. The van der Waals surface area contributed by atoms with E-state index in [1.807, 2.05) is 22.7 Å². The van der Waals surface area contributed by atoms with Crippen LogP contribution in [-0.4, -0.2) is 0 Å². The van der Waals surface area contributed by atoms with Crippen molar-refractivity contribution in [2.24, 2.45) is 0 Å². The van der Waals surface area contributed by atoms with Crippen LogP contribution in [0, 0.1) is 0 Å². The van der Waals surface area contributed by atoms with Crippen molar-refractivity contribution < 1.29 is 0 Å². The molecule has 0 aliphatic rings. The Labute approximate surface area is 319 Å². The molecule has 0 radical (unpaired) electrons. The van der Waals surface area contributed by atoms with Crippen LogP contribution in [0.3, 0.4) is 0 Å². The minimum absolute atomic E-state index is 1.23. The van der Waals surface area contributed by atoms with Crippen LogP contribution >= 0.6 is 22.7 Å². The Morgan fingerprint density at radius 2 is 0.833 bits per heavy atom. The van der Waals surface area contributed by atoms with E-state index in [0.717, 1.165) is 0 Å². The molecule has 0 bridgehead atoms. The largest absolute Gasteiger partial charge is 0.134 e. The predicted molar refractivity (Wildman–Crippen MR) is 239 cm³/mol. The van der Waals surface area contributed by atoms with Crippen LogP contribution in [0.1, 0.15) is 0 Å². The van der Waals surface area contributed by atoms with E-state index < -0.39 is 0 Å². The smallest absolute Gasteiger partial charge is 0.0448 e. The minimum Gasteiger partial charge on any atom is -0.134 e. The van der Waals surface area contributed by atoms with Gasteiger partial charge in [-0.1, -0.05) is 158 Å². The van der Waals surface area contributed by atoms with Crippen LogP contribution < -0.4 is 0 Å². The Balaban J connectivity index is 1.05. The molecule has 0 unspecified atom stereocenters. The molecule has 0 amide bonds. The first-order chi connectivity index (χ1) is 26.8. The Hall–Kier alpha value is -6.32. The van der Waals surface area contributed by atoms with Crippen molar-refractivity contribution in [2.45, 2.75) is 0 Å². The molecule has 2 heteroatoms. The lowest BCUT2D eigenvalue weighted by Crippen LogP contribution is -1.92. The van der Waals surface area contributed by atoms with E-state index in [2.05, 4.69) is 182 Å². The highest BCUT2D eigenvalue weighted by molar-refractivity contribution is 7.30. The zero-order valence-electron chi connectivity index (χ0n) is 29.1. The molecule has 0 aliphatic heterocycles. The van der Waals surface area contributed by atoms with Gasteiger partial charge < -0.3 is 0 Å². The van der Waals surface area contributed by atoms with Crippen molar-refractivity contribution >= 4 is 106 Å². The Morgan fingerprint density at radius 1 is 0.278 bits per heavy atom. The fraction of sp³-hybridized carbons (Fsp3) is 0. The molecule has 0 fully saturated rings. The van der Waals surface area contributed by atoms with E-state index in [9.17, 15) is 0 Å². The second-order valence-electron chi connectivity index (χ2n) is 14.3. The van der Waals surface area contributed by atoms with Crippen LogP contribution in [0.25, 0.3) is 117 Å². The Morgan fingerprint density at radius 3 is 1.61 bits per heavy atom. The van der Waals surface area contributed by atoms with Crippen LogP contribution in [-0.2, 0) is 0 Å². The van der Waals surface area contributed by atoms with Crippen molar-refractivity contribution in [3.63, 3.8) is 0 Å². The SMILES string of the molecule is c1cc(-c2ccc3sc4c(ccc5sc6c7ccccc7ccc6c54)c3c2)cc(-c2c3ccccc3c(-c3cccc4ccccc34)c3ccccc23)c1. The first-order valence-corrected chi connectivity index (χ1v) is 20.1.